The first-order valence-electron chi connectivity index (χ1n) is 7.23. The van der Waals surface area contributed by atoms with Crippen molar-refractivity contribution < 1.29 is 17.7 Å². The normalized spacial score (nSPS) is 11.9. The Labute approximate surface area is 155 Å². The fourth-order valence-corrected chi connectivity index (χ4v) is 2.40. The van der Waals surface area contributed by atoms with Crippen LogP contribution in [0.25, 0.3) is 11.4 Å². The van der Waals surface area contributed by atoms with Crippen LogP contribution in [0.4, 0.5) is 13.2 Å². The molecule has 2 heterocycles. The van der Waals surface area contributed by atoms with Crippen molar-refractivity contribution in [2.75, 3.05) is 0 Å². The van der Waals surface area contributed by atoms with E-state index in [9.17, 15) is 18.0 Å². The van der Waals surface area contributed by atoms with Crippen molar-refractivity contribution in [1.82, 2.24) is 14.7 Å². The number of nitrogens with zero attached hydrogens (tertiary/aromatic N) is 3. The maximum atomic E-state index is 12.8. The van der Waals surface area contributed by atoms with E-state index in [0.717, 1.165) is 22.9 Å². The molecule has 0 amide bonds. The standard InChI is InChI=1S/C16H10Cl2F3N3O2/c17-13(18)15-22-14(23-26-15)10-3-1-9(2-4-10)7-24-8-11(16(19,20)21)5-6-12(24)25/h1-6,8,13H,7H2. The number of benzene rings is 1. The van der Waals surface area contributed by atoms with Crippen LogP contribution < -0.4 is 5.56 Å². The monoisotopic (exact) mass is 403 g/mol. The van der Waals surface area contributed by atoms with Gasteiger partial charge in [0.15, 0.2) is 4.84 Å². The van der Waals surface area contributed by atoms with Crippen LogP contribution in [-0.4, -0.2) is 14.7 Å². The van der Waals surface area contributed by atoms with Crippen LogP contribution in [0, 0.1) is 0 Å². The largest absolute Gasteiger partial charge is 0.417 e. The zero-order valence-electron chi connectivity index (χ0n) is 12.9. The highest BCUT2D eigenvalue weighted by atomic mass is 35.5. The average molecular weight is 404 g/mol. The Hall–Kier alpha value is -2.32. The Balaban J connectivity index is 1.82. The zero-order valence-corrected chi connectivity index (χ0v) is 14.4. The molecule has 136 valence electrons. The number of aromatic nitrogens is 3. The average Bonchev–Trinajstić information content (AvgIpc) is 3.07. The summed E-state index contributed by atoms with van der Waals surface area (Å²) in [7, 11) is 0. The Kier molecular flexibility index (Phi) is 5.06. The molecule has 3 rings (SSSR count). The first-order valence-corrected chi connectivity index (χ1v) is 8.10. The molecule has 2 aromatic heterocycles. The molecular weight excluding hydrogens is 394 g/mol. The molecule has 1 aromatic carbocycles. The van der Waals surface area contributed by atoms with Crippen LogP contribution in [0.1, 0.15) is 21.9 Å². The van der Waals surface area contributed by atoms with E-state index in [4.69, 9.17) is 27.7 Å². The summed E-state index contributed by atoms with van der Waals surface area (Å²) in [5, 5.41) is 3.74. The van der Waals surface area contributed by atoms with Crippen LogP contribution in [0.5, 0.6) is 0 Å². The molecule has 0 aliphatic carbocycles. The molecule has 0 saturated carbocycles. The van der Waals surface area contributed by atoms with Gasteiger partial charge in [0, 0.05) is 17.8 Å². The van der Waals surface area contributed by atoms with E-state index in [0.29, 0.717) is 11.1 Å². The molecular formula is C16H10Cl2F3N3O2. The fourth-order valence-electron chi connectivity index (χ4n) is 2.22. The molecule has 0 radical (unpaired) electrons. The van der Waals surface area contributed by atoms with Crippen molar-refractivity contribution in [3.05, 3.63) is 70.0 Å². The van der Waals surface area contributed by atoms with Crippen LogP contribution in [0.15, 0.2) is 51.9 Å². The van der Waals surface area contributed by atoms with Crippen molar-refractivity contribution in [1.29, 1.82) is 0 Å². The second-order valence-electron chi connectivity index (χ2n) is 5.34. The maximum absolute atomic E-state index is 12.8. The highest BCUT2D eigenvalue weighted by molar-refractivity contribution is 6.43. The molecule has 10 heteroatoms. The van der Waals surface area contributed by atoms with Gasteiger partial charge in [-0.05, 0) is 11.6 Å². The summed E-state index contributed by atoms with van der Waals surface area (Å²) in [6.45, 7) is -0.00797. The van der Waals surface area contributed by atoms with Crippen molar-refractivity contribution in [2.24, 2.45) is 0 Å². The molecule has 0 atom stereocenters. The maximum Gasteiger partial charge on any atom is 0.417 e. The van der Waals surface area contributed by atoms with E-state index >= 15 is 0 Å². The molecule has 0 bridgehead atoms. The molecule has 0 aliphatic heterocycles. The fraction of sp³-hybridized carbons (Fsp3) is 0.188. The number of halogens is 5. The zero-order chi connectivity index (χ0) is 18.9. The van der Waals surface area contributed by atoms with Gasteiger partial charge < -0.3 is 9.09 Å². The van der Waals surface area contributed by atoms with Crippen LogP contribution in [0.3, 0.4) is 0 Å². The number of pyridine rings is 1. The summed E-state index contributed by atoms with van der Waals surface area (Å²) in [6.07, 6.45) is -3.72. The van der Waals surface area contributed by atoms with E-state index in [1.807, 2.05) is 0 Å². The molecule has 0 spiro atoms. The third kappa shape index (κ3) is 4.08. The van der Waals surface area contributed by atoms with Crippen LogP contribution in [-0.2, 0) is 12.7 Å². The lowest BCUT2D eigenvalue weighted by Gasteiger charge is -2.11. The van der Waals surface area contributed by atoms with Gasteiger partial charge in [-0.15, -0.1) is 0 Å². The van der Waals surface area contributed by atoms with Crippen LogP contribution in [0.2, 0.25) is 0 Å². The lowest BCUT2D eigenvalue weighted by molar-refractivity contribution is -0.138. The van der Waals surface area contributed by atoms with Gasteiger partial charge in [-0.1, -0.05) is 52.6 Å². The predicted molar refractivity (Wildman–Crippen MR) is 89.0 cm³/mol. The first kappa shape index (κ1) is 18.5. The van der Waals surface area contributed by atoms with Gasteiger partial charge in [0.05, 0.1) is 12.1 Å². The van der Waals surface area contributed by atoms with Gasteiger partial charge in [0.25, 0.3) is 11.4 Å². The third-order valence-corrected chi connectivity index (χ3v) is 3.88. The molecule has 0 aliphatic rings. The lowest BCUT2D eigenvalue weighted by Crippen LogP contribution is -2.21. The highest BCUT2D eigenvalue weighted by Crippen LogP contribution is 2.28. The van der Waals surface area contributed by atoms with E-state index in [1.54, 1.807) is 24.3 Å². The van der Waals surface area contributed by atoms with Crippen molar-refractivity contribution in [3.8, 4) is 11.4 Å². The van der Waals surface area contributed by atoms with E-state index in [1.165, 1.54) is 0 Å². The molecule has 3 aromatic rings. The Morgan fingerprint density at radius 1 is 1.12 bits per heavy atom. The van der Waals surface area contributed by atoms with E-state index < -0.39 is 22.1 Å². The number of rotatable bonds is 4. The minimum atomic E-state index is -4.52. The Morgan fingerprint density at radius 3 is 2.38 bits per heavy atom. The van der Waals surface area contributed by atoms with E-state index in [2.05, 4.69) is 10.1 Å². The summed E-state index contributed by atoms with van der Waals surface area (Å²) in [5.41, 5.74) is -0.175. The minimum absolute atomic E-state index is 0.00797. The summed E-state index contributed by atoms with van der Waals surface area (Å²) in [4.78, 5) is 14.9. The molecule has 5 nitrogen and oxygen atoms in total. The third-order valence-electron chi connectivity index (χ3n) is 3.50. The SMILES string of the molecule is O=c1ccc(C(F)(F)F)cn1Cc1ccc(-c2noc(C(Cl)Cl)n2)cc1. The summed E-state index contributed by atoms with van der Waals surface area (Å²) < 4.78 is 44.2. The van der Waals surface area contributed by atoms with E-state index in [-0.39, 0.29) is 18.3 Å². The number of hydrogen-bond donors (Lipinski definition) is 0. The second-order valence-corrected chi connectivity index (χ2v) is 6.43. The van der Waals surface area contributed by atoms with Gasteiger partial charge in [0.2, 0.25) is 5.82 Å². The molecule has 0 unspecified atom stereocenters. The quantitative estimate of drug-likeness (QED) is 0.604. The number of hydrogen-bond acceptors (Lipinski definition) is 4. The van der Waals surface area contributed by atoms with Gasteiger partial charge in [-0.25, -0.2) is 0 Å². The first-order chi connectivity index (χ1) is 12.2. The van der Waals surface area contributed by atoms with Crippen molar-refractivity contribution in [2.45, 2.75) is 17.6 Å². The molecule has 0 saturated heterocycles. The highest BCUT2D eigenvalue weighted by Gasteiger charge is 2.31. The van der Waals surface area contributed by atoms with Gasteiger partial charge in [-0.2, -0.15) is 18.2 Å². The Bertz CT molecular complexity index is 966. The molecule has 26 heavy (non-hydrogen) atoms. The number of alkyl halides is 5. The summed E-state index contributed by atoms with van der Waals surface area (Å²) in [6, 6.07) is 8.26. The second kappa shape index (κ2) is 7.13. The summed E-state index contributed by atoms with van der Waals surface area (Å²) >= 11 is 11.3. The lowest BCUT2D eigenvalue weighted by atomic mass is 10.1. The summed E-state index contributed by atoms with van der Waals surface area (Å²) in [5.74, 6) is 0.331. The van der Waals surface area contributed by atoms with Crippen molar-refractivity contribution in [3.63, 3.8) is 0 Å². The van der Waals surface area contributed by atoms with Gasteiger partial charge in [-0.3, -0.25) is 4.79 Å². The Morgan fingerprint density at radius 2 is 1.81 bits per heavy atom. The molecule has 0 N–H and O–H groups in total. The topological polar surface area (TPSA) is 60.9 Å². The van der Waals surface area contributed by atoms with Gasteiger partial charge >= 0.3 is 6.18 Å². The predicted octanol–water partition coefficient (Wildman–Crippen LogP) is 4.44. The minimum Gasteiger partial charge on any atom is -0.336 e. The van der Waals surface area contributed by atoms with Gasteiger partial charge in [0.1, 0.15) is 0 Å². The van der Waals surface area contributed by atoms with Crippen molar-refractivity contribution >= 4 is 23.2 Å². The smallest absolute Gasteiger partial charge is 0.336 e. The molecule has 0 fully saturated rings. The van der Waals surface area contributed by atoms with Crippen LogP contribution >= 0.6 is 23.2 Å².